The first-order valence-electron chi connectivity index (χ1n) is 6.47. The number of benzene rings is 2. The molecule has 0 saturated carbocycles. The minimum atomic E-state index is -3.88. The highest BCUT2D eigenvalue weighted by molar-refractivity contribution is 7.90. The van der Waals surface area contributed by atoms with Crippen LogP contribution in [-0.2, 0) is 10.0 Å². The van der Waals surface area contributed by atoms with E-state index < -0.39 is 14.9 Å². The predicted molar refractivity (Wildman–Crippen MR) is 82.4 cm³/mol. The molecule has 1 heterocycles. The molecule has 0 saturated heterocycles. The fourth-order valence-electron chi connectivity index (χ4n) is 2.29. The first kappa shape index (κ1) is 14.3. The fourth-order valence-corrected chi connectivity index (χ4v) is 3.68. The van der Waals surface area contributed by atoms with E-state index in [1.165, 1.54) is 24.4 Å². The van der Waals surface area contributed by atoms with Crippen LogP contribution in [0.5, 0.6) is 0 Å². The number of aromatic nitrogens is 1. The van der Waals surface area contributed by atoms with Gasteiger partial charge in [-0.2, -0.15) is 0 Å². The van der Waals surface area contributed by atoms with Gasteiger partial charge in [0.05, 0.1) is 15.3 Å². The molecule has 22 heavy (non-hydrogen) atoms. The second-order valence-corrected chi connectivity index (χ2v) is 6.75. The van der Waals surface area contributed by atoms with Gasteiger partial charge >= 0.3 is 0 Å². The molecule has 0 unspecified atom stereocenters. The van der Waals surface area contributed by atoms with Crippen molar-refractivity contribution in [3.63, 3.8) is 0 Å². The summed E-state index contributed by atoms with van der Waals surface area (Å²) < 4.78 is 26.6. The molecule has 3 rings (SSSR count). The zero-order chi connectivity index (χ0) is 15.9. The second-order valence-electron chi connectivity index (χ2n) is 4.93. The molecule has 2 aromatic carbocycles. The largest absolute Gasteiger partial charge is 0.270 e. The number of nitrogens with zero attached hydrogens (tertiary/aromatic N) is 2. The number of aryl methyl sites for hydroxylation is 1. The molecule has 0 aliphatic carbocycles. The number of hydrogen-bond donors (Lipinski definition) is 0. The van der Waals surface area contributed by atoms with Crippen molar-refractivity contribution >= 4 is 26.6 Å². The lowest BCUT2D eigenvalue weighted by Gasteiger charge is -2.08. The molecule has 1 aromatic heterocycles. The molecule has 0 aliphatic heterocycles. The van der Waals surface area contributed by atoms with Crippen LogP contribution in [0.25, 0.3) is 10.9 Å². The van der Waals surface area contributed by atoms with E-state index in [4.69, 9.17) is 0 Å². The molecular weight excluding hydrogens is 304 g/mol. The summed E-state index contributed by atoms with van der Waals surface area (Å²) in [5.74, 6) is 0. The highest BCUT2D eigenvalue weighted by Crippen LogP contribution is 2.25. The molecule has 0 spiro atoms. The van der Waals surface area contributed by atoms with Gasteiger partial charge in [0.1, 0.15) is 0 Å². The van der Waals surface area contributed by atoms with E-state index in [2.05, 4.69) is 0 Å². The number of nitro benzene ring substituents is 1. The summed E-state index contributed by atoms with van der Waals surface area (Å²) in [5.41, 5.74) is 1.22. The van der Waals surface area contributed by atoms with Gasteiger partial charge in [-0.05, 0) is 30.7 Å². The molecule has 0 N–H and O–H groups in total. The maximum atomic E-state index is 12.7. The molecule has 112 valence electrons. The van der Waals surface area contributed by atoms with E-state index in [-0.39, 0.29) is 10.6 Å². The summed E-state index contributed by atoms with van der Waals surface area (Å²) in [6, 6.07) is 12.2. The maximum absolute atomic E-state index is 12.7. The van der Waals surface area contributed by atoms with Crippen molar-refractivity contribution in [2.24, 2.45) is 0 Å². The average Bonchev–Trinajstić information content (AvgIpc) is 2.91. The maximum Gasteiger partial charge on any atom is 0.270 e. The Morgan fingerprint density at radius 1 is 1.09 bits per heavy atom. The normalized spacial score (nSPS) is 11.7. The van der Waals surface area contributed by atoms with E-state index in [0.29, 0.717) is 5.52 Å². The van der Waals surface area contributed by atoms with Crippen molar-refractivity contribution in [3.05, 3.63) is 70.4 Å². The summed E-state index contributed by atoms with van der Waals surface area (Å²) >= 11 is 0. The lowest BCUT2D eigenvalue weighted by Crippen LogP contribution is -2.12. The molecule has 0 amide bonds. The standard InChI is InChI=1S/C15H12N2O4S/c1-11-5-6-12-7-8-16(15(12)9-11)22(20,21)14-4-2-3-13(10-14)17(18)19/h2-10H,1H3. The van der Waals surface area contributed by atoms with Crippen molar-refractivity contribution in [2.45, 2.75) is 11.8 Å². The molecule has 6 nitrogen and oxygen atoms in total. The molecule has 3 aromatic rings. The Bertz CT molecular complexity index is 990. The van der Waals surface area contributed by atoms with Crippen LogP contribution in [0.4, 0.5) is 5.69 Å². The molecular formula is C15H12N2O4S. The monoisotopic (exact) mass is 316 g/mol. The third-order valence-corrected chi connectivity index (χ3v) is 5.08. The van der Waals surface area contributed by atoms with E-state index in [0.717, 1.165) is 21.0 Å². The number of nitro groups is 1. The summed E-state index contributed by atoms with van der Waals surface area (Å²) in [7, 11) is -3.88. The third kappa shape index (κ3) is 2.25. The predicted octanol–water partition coefficient (Wildman–Crippen LogP) is 3.09. The van der Waals surface area contributed by atoms with Gasteiger partial charge in [0.25, 0.3) is 15.7 Å². The highest BCUT2D eigenvalue weighted by atomic mass is 32.2. The van der Waals surface area contributed by atoms with Gasteiger partial charge in [0.15, 0.2) is 0 Å². The van der Waals surface area contributed by atoms with Gasteiger partial charge in [-0.3, -0.25) is 10.1 Å². The minimum Gasteiger partial charge on any atom is -0.258 e. The molecule has 7 heteroatoms. The van der Waals surface area contributed by atoms with E-state index in [1.54, 1.807) is 12.1 Å². The van der Waals surface area contributed by atoms with E-state index in [1.807, 2.05) is 19.1 Å². The van der Waals surface area contributed by atoms with Crippen LogP contribution >= 0.6 is 0 Å². The van der Waals surface area contributed by atoms with Gasteiger partial charge in [0, 0.05) is 23.7 Å². The van der Waals surface area contributed by atoms with Gasteiger partial charge in [-0.1, -0.05) is 18.2 Å². The topological polar surface area (TPSA) is 82.2 Å². The Kier molecular flexibility index (Phi) is 3.22. The average molecular weight is 316 g/mol. The van der Waals surface area contributed by atoms with Gasteiger partial charge in [0.2, 0.25) is 0 Å². The summed E-state index contributed by atoms with van der Waals surface area (Å²) in [6.45, 7) is 1.87. The van der Waals surface area contributed by atoms with E-state index >= 15 is 0 Å². The molecule has 0 bridgehead atoms. The minimum absolute atomic E-state index is 0.110. The molecule has 0 fully saturated rings. The quantitative estimate of drug-likeness (QED) is 0.549. The zero-order valence-electron chi connectivity index (χ0n) is 11.6. The fraction of sp³-hybridized carbons (Fsp3) is 0.0667. The Balaban J connectivity index is 2.22. The molecule has 0 aliphatic rings. The van der Waals surface area contributed by atoms with Crippen molar-refractivity contribution in [2.75, 3.05) is 0 Å². The van der Waals surface area contributed by atoms with Crippen LogP contribution in [0.2, 0.25) is 0 Å². The van der Waals surface area contributed by atoms with Crippen LogP contribution in [-0.4, -0.2) is 17.3 Å². The van der Waals surface area contributed by atoms with Crippen LogP contribution in [0.1, 0.15) is 5.56 Å². The highest BCUT2D eigenvalue weighted by Gasteiger charge is 2.21. The van der Waals surface area contributed by atoms with Crippen molar-refractivity contribution in [1.82, 2.24) is 3.97 Å². The lowest BCUT2D eigenvalue weighted by atomic mass is 10.2. The number of hydrogen-bond acceptors (Lipinski definition) is 4. The van der Waals surface area contributed by atoms with Crippen LogP contribution in [0, 0.1) is 17.0 Å². The lowest BCUT2D eigenvalue weighted by molar-refractivity contribution is -0.385. The summed E-state index contributed by atoms with van der Waals surface area (Å²) in [5, 5.41) is 11.6. The first-order chi connectivity index (χ1) is 10.4. The van der Waals surface area contributed by atoms with Gasteiger partial charge < -0.3 is 0 Å². The van der Waals surface area contributed by atoms with Gasteiger partial charge in [-0.15, -0.1) is 0 Å². The summed E-state index contributed by atoms with van der Waals surface area (Å²) in [6.07, 6.45) is 1.46. The van der Waals surface area contributed by atoms with Crippen molar-refractivity contribution in [1.29, 1.82) is 0 Å². The van der Waals surface area contributed by atoms with Crippen molar-refractivity contribution < 1.29 is 13.3 Å². The van der Waals surface area contributed by atoms with Crippen LogP contribution in [0.15, 0.2) is 59.6 Å². The van der Waals surface area contributed by atoms with Crippen molar-refractivity contribution in [3.8, 4) is 0 Å². The van der Waals surface area contributed by atoms with Crippen LogP contribution in [0.3, 0.4) is 0 Å². The van der Waals surface area contributed by atoms with E-state index in [9.17, 15) is 18.5 Å². The molecule has 0 radical (unpaired) electrons. The summed E-state index contributed by atoms with van der Waals surface area (Å²) in [4.78, 5) is 10.1. The van der Waals surface area contributed by atoms with Gasteiger partial charge in [-0.25, -0.2) is 12.4 Å². The first-order valence-corrected chi connectivity index (χ1v) is 7.91. The Morgan fingerprint density at radius 2 is 1.86 bits per heavy atom. The Morgan fingerprint density at radius 3 is 2.59 bits per heavy atom. The number of fused-ring (bicyclic) bond motifs is 1. The molecule has 0 atom stereocenters. The number of rotatable bonds is 3. The Labute approximate surface area is 126 Å². The number of non-ortho nitro benzene ring substituents is 1. The smallest absolute Gasteiger partial charge is 0.258 e. The Hall–Kier alpha value is -2.67. The zero-order valence-corrected chi connectivity index (χ0v) is 12.4. The SMILES string of the molecule is Cc1ccc2ccn(S(=O)(=O)c3cccc([N+](=O)[O-])c3)c2c1. The third-order valence-electron chi connectivity index (χ3n) is 3.40. The second kappa shape index (κ2) is 4.96. The van der Waals surface area contributed by atoms with Crippen LogP contribution < -0.4 is 0 Å².